The largest absolute Gasteiger partial charge is 0.314 e. The van der Waals surface area contributed by atoms with Crippen LogP contribution < -0.4 is 10.6 Å². The zero-order chi connectivity index (χ0) is 12.1. The van der Waals surface area contributed by atoms with Crippen LogP contribution in [0.2, 0.25) is 0 Å². The molecule has 2 nitrogen and oxygen atoms in total. The van der Waals surface area contributed by atoms with E-state index in [1.165, 1.54) is 36.0 Å². The number of hydrogen-bond donors (Lipinski definition) is 2. The molecule has 2 N–H and O–H groups in total. The monoisotopic (exact) mass is 232 g/mol. The fourth-order valence-corrected chi connectivity index (χ4v) is 2.15. The molecule has 0 saturated heterocycles. The van der Waals surface area contributed by atoms with Crippen LogP contribution in [0.15, 0.2) is 18.2 Å². The van der Waals surface area contributed by atoms with E-state index in [-0.39, 0.29) is 0 Å². The Morgan fingerprint density at radius 3 is 2.47 bits per heavy atom. The second-order valence-corrected chi connectivity index (χ2v) is 5.13. The Bertz CT molecular complexity index is 336. The van der Waals surface area contributed by atoms with Gasteiger partial charge in [0.2, 0.25) is 0 Å². The van der Waals surface area contributed by atoms with Crippen molar-refractivity contribution in [2.24, 2.45) is 0 Å². The fourth-order valence-electron chi connectivity index (χ4n) is 2.15. The summed E-state index contributed by atoms with van der Waals surface area (Å²) in [5, 5.41) is 7.08. The van der Waals surface area contributed by atoms with E-state index in [2.05, 4.69) is 42.7 Å². The van der Waals surface area contributed by atoms with E-state index in [4.69, 9.17) is 0 Å². The molecule has 0 heterocycles. The molecule has 17 heavy (non-hydrogen) atoms. The lowest BCUT2D eigenvalue weighted by molar-refractivity contribution is 0.592. The van der Waals surface area contributed by atoms with Gasteiger partial charge in [0, 0.05) is 12.6 Å². The number of aryl methyl sites for hydroxylation is 2. The first-order valence-electron chi connectivity index (χ1n) is 6.76. The normalized spacial score (nSPS) is 15.2. The molecule has 0 aliphatic heterocycles. The Labute approximate surface area is 105 Å². The first kappa shape index (κ1) is 12.6. The number of nitrogens with one attached hydrogen (secondary N) is 2. The standard InChI is InChI=1S/C15H24N2/c1-12-5-3-6-13(2)15(12)11-16-9-4-10-17-14-7-8-14/h3,5-6,14,16-17H,4,7-11H2,1-2H3. The SMILES string of the molecule is Cc1cccc(C)c1CNCCCNC1CC1. The van der Waals surface area contributed by atoms with Crippen LogP contribution in [-0.4, -0.2) is 19.1 Å². The second-order valence-electron chi connectivity index (χ2n) is 5.13. The third-order valence-electron chi connectivity index (χ3n) is 3.49. The van der Waals surface area contributed by atoms with Crippen LogP contribution in [0.1, 0.15) is 36.0 Å². The Morgan fingerprint density at radius 2 is 1.82 bits per heavy atom. The van der Waals surface area contributed by atoms with E-state index in [1.54, 1.807) is 0 Å². The van der Waals surface area contributed by atoms with Crippen molar-refractivity contribution in [2.45, 2.75) is 45.7 Å². The molecule has 1 fully saturated rings. The van der Waals surface area contributed by atoms with Gasteiger partial charge in [0.1, 0.15) is 0 Å². The third-order valence-corrected chi connectivity index (χ3v) is 3.49. The number of hydrogen-bond acceptors (Lipinski definition) is 2. The molecule has 0 atom stereocenters. The molecular weight excluding hydrogens is 208 g/mol. The van der Waals surface area contributed by atoms with Gasteiger partial charge in [-0.05, 0) is 62.9 Å². The Balaban J connectivity index is 1.63. The van der Waals surface area contributed by atoms with Crippen molar-refractivity contribution >= 4 is 0 Å². The molecule has 94 valence electrons. The lowest BCUT2D eigenvalue weighted by Gasteiger charge is -2.11. The van der Waals surface area contributed by atoms with Gasteiger partial charge in [-0.3, -0.25) is 0 Å². The lowest BCUT2D eigenvalue weighted by Crippen LogP contribution is -2.23. The summed E-state index contributed by atoms with van der Waals surface area (Å²) in [6, 6.07) is 7.36. The Hall–Kier alpha value is -0.860. The van der Waals surface area contributed by atoms with Crippen molar-refractivity contribution in [3.05, 3.63) is 34.9 Å². The molecule has 2 heteroatoms. The zero-order valence-electron chi connectivity index (χ0n) is 11.1. The van der Waals surface area contributed by atoms with E-state index in [1.807, 2.05) is 0 Å². The highest BCUT2D eigenvalue weighted by Gasteiger charge is 2.19. The molecule has 0 amide bonds. The lowest BCUT2D eigenvalue weighted by atomic mass is 10.0. The molecule has 0 radical (unpaired) electrons. The predicted octanol–water partition coefficient (Wildman–Crippen LogP) is 2.54. The summed E-state index contributed by atoms with van der Waals surface area (Å²) in [6.45, 7) is 7.65. The second kappa shape index (κ2) is 6.18. The van der Waals surface area contributed by atoms with Gasteiger partial charge in [0.25, 0.3) is 0 Å². The topological polar surface area (TPSA) is 24.1 Å². The zero-order valence-corrected chi connectivity index (χ0v) is 11.1. The molecule has 1 aromatic rings. The molecule has 0 unspecified atom stereocenters. The summed E-state index contributed by atoms with van der Waals surface area (Å²) < 4.78 is 0. The molecule has 1 aliphatic carbocycles. The van der Waals surface area contributed by atoms with Gasteiger partial charge in [-0.25, -0.2) is 0 Å². The van der Waals surface area contributed by atoms with Gasteiger partial charge in [-0.1, -0.05) is 18.2 Å². The maximum absolute atomic E-state index is 3.54. The van der Waals surface area contributed by atoms with Crippen molar-refractivity contribution in [3.8, 4) is 0 Å². The van der Waals surface area contributed by atoms with E-state index >= 15 is 0 Å². The van der Waals surface area contributed by atoms with Gasteiger partial charge < -0.3 is 10.6 Å². The summed E-state index contributed by atoms with van der Waals surface area (Å²) in [5.41, 5.74) is 4.25. The van der Waals surface area contributed by atoms with Crippen LogP contribution in [0, 0.1) is 13.8 Å². The Morgan fingerprint density at radius 1 is 1.12 bits per heavy atom. The van der Waals surface area contributed by atoms with Crippen LogP contribution in [0.4, 0.5) is 0 Å². The molecule has 0 aromatic heterocycles. The summed E-state index contributed by atoms with van der Waals surface area (Å²) in [5.74, 6) is 0. The minimum atomic E-state index is 0.841. The van der Waals surface area contributed by atoms with Gasteiger partial charge >= 0.3 is 0 Å². The van der Waals surface area contributed by atoms with Crippen LogP contribution in [0.3, 0.4) is 0 Å². The molecule has 1 saturated carbocycles. The first-order valence-corrected chi connectivity index (χ1v) is 6.76. The first-order chi connectivity index (χ1) is 8.27. The maximum Gasteiger partial charge on any atom is 0.0210 e. The molecule has 2 rings (SSSR count). The minimum Gasteiger partial charge on any atom is -0.314 e. The molecule has 1 aliphatic rings. The molecule has 0 spiro atoms. The van der Waals surface area contributed by atoms with Gasteiger partial charge in [0.05, 0.1) is 0 Å². The van der Waals surface area contributed by atoms with Gasteiger partial charge in [-0.15, -0.1) is 0 Å². The average molecular weight is 232 g/mol. The van der Waals surface area contributed by atoms with Crippen LogP contribution >= 0.6 is 0 Å². The smallest absolute Gasteiger partial charge is 0.0210 e. The summed E-state index contributed by atoms with van der Waals surface area (Å²) in [4.78, 5) is 0. The molecular formula is C15H24N2. The highest BCUT2D eigenvalue weighted by molar-refractivity contribution is 5.33. The fraction of sp³-hybridized carbons (Fsp3) is 0.600. The van der Waals surface area contributed by atoms with Crippen LogP contribution in [0.5, 0.6) is 0 Å². The minimum absolute atomic E-state index is 0.841. The number of rotatable bonds is 7. The van der Waals surface area contributed by atoms with E-state index in [0.29, 0.717) is 0 Å². The summed E-state index contributed by atoms with van der Waals surface area (Å²) in [7, 11) is 0. The predicted molar refractivity (Wildman–Crippen MR) is 73.3 cm³/mol. The van der Waals surface area contributed by atoms with Crippen LogP contribution in [-0.2, 0) is 6.54 Å². The highest BCUT2D eigenvalue weighted by Crippen LogP contribution is 2.18. The van der Waals surface area contributed by atoms with Gasteiger partial charge in [0.15, 0.2) is 0 Å². The maximum atomic E-state index is 3.54. The summed E-state index contributed by atoms with van der Waals surface area (Å²) >= 11 is 0. The molecule has 0 bridgehead atoms. The summed E-state index contributed by atoms with van der Waals surface area (Å²) in [6.07, 6.45) is 3.99. The third kappa shape index (κ3) is 4.14. The van der Waals surface area contributed by atoms with Crippen molar-refractivity contribution in [1.29, 1.82) is 0 Å². The van der Waals surface area contributed by atoms with E-state index < -0.39 is 0 Å². The molecule has 1 aromatic carbocycles. The van der Waals surface area contributed by atoms with E-state index in [0.717, 1.165) is 25.7 Å². The van der Waals surface area contributed by atoms with Crippen LogP contribution in [0.25, 0.3) is 0 Å². The van der Waals surface area contributed by atoms with Gasteiger partial charge in [-0.2, -0.15) is 0 Å². The van der Waals surface area contributed by atoms with Crippen molar-refractivity contribution in [3.63, 3.8) is 0 Å². The number of benzene rings is 1. The Kier molecular flexibility index (Phi) is 4.57. The van der Waals surface area contributed by atoms with Crippen molar-refractivity contribution < 1.29 is 0 Å². The van der Waals surface area contributed by atoms with E-state index in [9.17, 15) is 0 Å². The quantitative estimate of drug-likeness (QED) is 0.706. The average Bonchev–Trinajstić information content (AvgIpc) is 3.10. The van der Waals surface area contributed by atoms with Crippen molar-refractivity contribution in [2.75, 3.05) is 13.1 Å². The van der Waals surface area contributed by atoms with Crippen molar-refractivity contribution in [1.82, 2.24) is 10.6 Å². The highest BCUT2D eigenvalue weighted by atomic mass is 14.9.